The van der Waals surface area contributed by atoms with Crippen LogP contribution in [0.4, 0.5) is 0 Å². The van der Waals surface area contributed by atoms with Crippen molar-refractivity contribution >= 4 is 17.5 Å². The Morgan fingerprint density at radius 1 is 0.971 bits per heavy atom. The van der Waals surface area contributed by atoms with Gasteiger partial charge in [0.05, 0.1) is 17.6 Å². The van der Waals surface area contributed by atoms with Crippen molar-refractivity contribution in [2.75, 3.05) is 19.6 Å². The molecule has 1 saturated heterocycles. The lowest BCUT2D eigenvalue weighted by Crippen LogP contribution is -2.20. The first-order valence-electron chi connectivity index (χ1n) is 11.6. The molecule has 5 rings (SSSR count). The van der Waals surface area contributed by atoms with Gasteiger partial charge in [-0.05, 0) is 61.4 Å². The maximum Gasteiger partial charge on any atom is 0.414 e. The van der Waals surface area contributed by atoms with E-state index >= 15 is 0 Å². The van der Waals surface area contributed by atoms with E-state index in [1.54, 1.807) is 0 Å². The smallest absolute Gasteiger partial charge is 0.414 e. The molecule has 176 valence electrons. The molecule has 2 aromatic carbocycles. The van der Waals surface area contributed by atoms with Crippen molar-refractivity contribution in [1.29, 1.82) is 0 Å². The van der Waals surface area contributed by atoms with Crippen molar-refractivity contribution in [3.05, 3.63) is 89.8 Å². The number of aliphatic carboxylic acids is 2. The van der Waals surface area contributed by atoms with Gasteiger partial charge in [-0.3, -0.25) is 4.90 Å². The van der Waals surface area contributed by atoms with E-state index in [9.17, 15) is 0 Å². The second-order valence-electron chi connectivity index (χ2n) is 8.60. The van der Waals surface area contributed by atoms with E-state index in [1.165, 1.54) is 54.7 Å². The summed E-state index contributed by atoms with van der Waals surface area (Å²) in [4.78, 5) is 20.8. The highest BCUT2D eigenvalue weighted by Crippen LogP contribution is 2.33. The summed E-state index contributed by atoms with van der Waals surface area (Å²) >= 11 is 0. The largest absolute Gasteiger partial charge is 0.473 e. The Labute approximate surface area is 199 Å². The number of carbonyl (C=O) groups is 2. The monoisotopic (exact) mass is 459 g/mol. The summed E-state index contributed by atoms with van der Waals surface area (Å²) in [6.45, 7) is 3.41. The van der Waals surface area contributed by atoms with Crippen LogP contribution in [0.1, 0.15) is 42.0 Å². The fraction of sp³-hybridized carbons (Fsp3) is 0.296. The zero-order valence-electron chi connectivity index (χ0n) is 19.0. The van der Waals surface area contributed by atoms with Crippen molar-refractivity contribution in [3.63, 3.8) is 0 Å². The molecule has 7 heteroatoms. The number of allylic oxidation sites excluding steroid dienone is 1. The quantitative estimate of drug-likeness (QED) is 0.567. The van der Waals surface area contributed by atoms with E-state index in [1.807, 2.05) is 0 Å². The minimum Gasteiger partial charge on any atom is -0.473 e. The highest BCUT2D eigenvalue weighted by Gasteiger charge is 2.24. The van der Waals surface area contributed by atoms with Crippen molar-refractivity contribution < 1.29 is 19.8 Å². The van der Waals surface area contributed by atoms with Crippen LogP contribution in [0.5, 0.6) is 0 Å². The van der Waals surface area contributed by atoms with Gasteiger partial charge in [0.2, 0.25) is 0 Å². The SMILES string of the molecule is C(/CN1CCC(c2ccccc2)C1)=C1/CCCc2c1cnn2-c1ccccc1.O=C(O)C(=O)O. The zero-order valence-corrected chi connectivity index (χ0v) is 19.0. The Balaban J connectivity index is 0.000000408. The van der Waals surface area contributed by atoms with Gasteiger partial charge in [0.1, 0.15) is 0 Å². The molecule has 7 nitrogen and oxygen atoms in total. The van der Waals surface area contributed by atoms with Crippen LogP contribution in [0, 0.1) is 0 Å². The topological polar surface area (TPSA) is 95.7 Å². The third-order valence-electron chi connectivity index (χ3n) is 6.40. The number of carboxylic acid groups (broad SMARTS) is 2. The summed E-state index contributed by atoms with van der Waals surface area (Å²) in [6.07, 6.45) is 9.30. The molecule has 0 spiro atoms. The van der Waals surface area contributed by atoms with E-state index in [-0.39, 0.29) is 0 Å². The normalized spacial score (nSPS) is 18.7. The first kappa shape index (κ1) is 23.4. The van der Waals surface area contributed by atoms with Gasteiger partial charge in [0.15, 0.2) is 0 Å². The van der Waals surface area contributed by atoms with E-state index in [0.717, 1.165) is 18.7 Å². The van der Waals surface area contributed by atoms with Gasteiger partial charge in [-0.25, -0.2) is 14.3 Å². The van der Waals surface area contributed by atoms with Crippen LogP contribution in [-0.2, 0) is 16.0 Å². The average Bonchev–Trinajstić information content (AvgIpc) is 3.52. The molecular formula is C27H29N3O4. The number of aromatic nitrogens is 2. The number of fused-ring (bicyclic) bond motifs is 1. The lowest BCUT2D eigenvalue weighted by molar-refractivity contribution is -0.159. The number of benzene rings is 2. The lowest BCUT2D eigenvalue weighted by Gasteiger charge is -2.19. The van der Waals surface area contributed by atoms with Crippen molar-refractivity contribution in [2.45, 2.75) is 31.6 Å². The molecule has 0 amide bonds. The number of carboxylic acids is 2. The van der Waals surface area contributed by atoms with E-state index < -0.39 is 11.9 Å². The third-order valence-corrected chi connectivity index (χ3v) is 6.40. The summed E-state index contributed by atoms with van der Waals surface area (Å²) < 4.78 is 2.13. The van der Waals surface area contributed by atoms with Gasteiger partial charge < -0.3 is 10.2 Å². The van der Waals surface area contributed by atoms with E-state index in [2.05, 4.69) is 82.5 Å². The van der Waals surface area contributed by atoms with Gasteiger partial charge in [0, 0.05) is 18.7 Å². The molecule has 1 fully saturated rings. The molecule has 1 aliphatic carbocycles. The van der Waals surface area contributed by atoms with Crippen molar-refractivity contribution in [2.24, 2.45) is 0 Å². The predicted octanol–water partition coefficient (Wildman–Crippen LogP) is 4.24. The first-order chi connectivity index (χ1) is 16.5. The van der Waals surface area contributed by atoms with Gasteiger partial charge in [-0.1, -0.05) is 54.6 Å². The van der Waals surface area contributed by atoms with Crippen LogP contribution >= 0.6 is 0 Å². The molecular weight excluding hydrogens is 430 g/mol. The van der Waals surface area contributed by atoms with Crippen LogP contribution in [-0.4, -0.2) is 56.5 Å². The average molecular weight is 460 g/mol. The molecule has 1 aliphatic heterocycles. The Morgan fingerprint density at radius 3 is 2.32 bits per heavy atom. The number of hydrogen-bond acceptors (Lipinski definition) is 4. The summed E-state index contributed by atoms with van der Waals surface area (Å²) in [5, 5.41) is 19.5. The molecule has 1 aromatic heterocycles. The van der Waals surface area contributed by atoms with E-state index in [4.69, 9.17) is 24.9 Å². The molecule has 2 N–H and O–H groups in total. The van der Waals surface area contributed by atoms with Crippen molar-refractivity contribution in [3.8, 4) is 5.69 Å². The maximum absolute atomic E-state index is 9.10. The minimum atomic E-state index is -1.82. The Bertz CT molecular complexity index is 1140. The lowest BCUT2D eigenvalue weighted by atomic mass is 9.92. The molecule has 34 heavy (non-hydrogen) atoms. The summed E-state index contributed by atoms with van der Waals surface area (Å²) in [5.41, 5.74) is 6.85. The predicted molar refractivity (Wildman–Crippen MR) is 130 cm³/mol. The first-order valence-corrected chi connectivity index (χ1v) is 11.6. The summed E-state index contributed by atoms with van der Waals surface area (Å²) in [6, 6.07) is 21.5. The molecule has 0 saturated carbocycles. The Morgan fingerprint density at radius 2 is 1.65 bits per heavy atom. The fourth-order valence-electron chi connectivity index (χ4n) is 4.70. The Hall–Kier alpha value is -3.71. The van der Waals surface area contributed by atoms with E-state index in [0.29, 0.717) is 5.92 Å². The van der Waals surface area contributed by atoms with Gasteiger partial charge in [-0.15, -0.1) is 0 Å². The van der Waals surface area contributed by atoms with Gasteiger partial charge in [-0.2, -0.15) is 5.10 Å². The van der Waals surface area contributed by atoms with Gasteiger partial charge in [0.25, 0.3) is 0 Å². The molecule has 2 aliphatic rings. The molecule has 1 atom stereocenters. The minimum absolute atomic E-state index is 0.683. The molecule has 3 aromatic rings. The van der Waals surface area contributed by atoms with Crippen molar-refractivity contribution in [1.82, 2.24) is 14.7 Å². The summed E-state index contributed by atoms with van der Waals surface area (Å²) in [5.74, 6) is -2.97. The molecule has 0 bridgehead atoms. The molecule has 2 heterocycles. The van der Waals surface area contributed by atoms with Crippen LogP contribution in [0.25, 0.3) is 11.3 Å². The van der Waals surface area contributed by atoms with Crippen LogP contribution < -0.4 is 0 Å². The number of rotatable bonds is 4. The number of nitrogens with zero attached hydrogens (tertiary/aromatic N) is 3. The third kappa shape index (κ3) is 5.61. The standard InChI is InChI=1S/C25H27N3.C2H2O4/c1-3-8-20(9-4-1)22-15-17-27(19-22)16-14-21-10-7-13-25-24(21)18-26-28(25)23-11-5-2-6-12-23;3-1(4)2(5)6/h1-6,8-9,11-12,14,18,22H,7,10,13,15-17,19H2;(H,3,4)(H,5,6)/b21-14+;. The highest BCUT2D eigenvalue weighted by molar-refractivity contribution is 6.27. The van der Waals surface area contributed by atoms with Crippen LogP contribution in [0.2, 0.25) is 0 Å². The zero-order chi connectivity index (χ0) is 23.9. The van der Waals surface area contributed by atoms with Crippen LogP contribution in [0.15, 0.2) is 72.9 Å². The second-order valence-corrected chi connectivity index (χ2v) is 8.60. The highest BCUT2D eigenvalue weighted by atomic mass is 16.4. The molecule has 0 radical (unpaired) electrons. The number of likely N-dealkylation sites (tertiary alicyclic amines) is 1. The summed E-state index contributed by atoms with van der Waals surface area (Å²) in [7, 11) is 0. The van der Waals surface area contributed by atoms with Gasteiger partial charge >= 0.3 is 11.9 Å². The number of hydrogen-bond donors (Lipinski definition) is 2. The fourth-order valence-corrected chi connectivity index (χ4v) is 4.70. The van der Waals surface area contributed by atoms with Crippen LogP contribution in [0.3, 0.4) is 0 Å². The molecule has 1 unspecified atom stereocenters. The Kier molecular flexibility index (Phi) is 7.54. The second kappa shape index (κ2) is 10.9. The maximum atomic E-state index is 9.10. The number of para-hydroxylation sites is 1.